The van der Waals surface area contributed by atoms with Crippen LogP contribution < -0.4 is 0 Å². The van der Waals surface area contributed by atoms with Crippen molar-refractivity contribution in [3.05, 3.63) is 0 Å². The van der Waals surface area contributed by atoms with Gasteiger partial charge in [-0.05, 0) is 25.7 Å². The van der Waals surface area contributed by atoms with Gasteiger partial charge in [-0.2, -0.15) is 0 Å². The summed E-state index contributed by atoms with van der Waals surface area (Å²) in [5.74, 6) is 0.702. The van der Waals surface area contributed by atoms with E-state index in [9.17, 15) is 4.39 Å². The summed E-state index contributed by atoms with van der Waals surface area (Å²) < 4.78 is 16.8. The predicted molar refractivity (Wildman–Crippen MR) is 46.0 cm³/mol. The van der Waals surface area contributed by atoms with Crippen molar-refractivity contribution in [1.29, 1.82) is 0 Å². The van der Waals surface area contributed by atoms with Crippen LogP contribution in [-0.2, 0) is 4.74 Å². The van der Waals surface area contributed by atoms with E-state index in [1.54, 1.807) is 0 Å². The third kappa shape index (κ3) is 10.2. The molecular weight excluding hydrogens is 167 g/mol. The first-order valence-corrected chi connectivity index (χ1v) is 4.65. The first-order chi connectivity index (χ1) is 5.41. The summed E-state index contributed by atoms with van der Waals surface area (Å²) in [5.41, 5.74) is 0. The largest absolute Gasteiger partial charge is 0.381 e. The van der Waals surface area contributed by atoms with Crippen LogP contribution in [0.2, 0.25) is 0 Å². The van der Waals surface area contributed by atoms with E-state index in [2.05, 4.69) is 0 Å². The van der Waals surface area contributed by atoms with Gasteiger partial charge in [0.2, 0.25) is 0 Å². The second kappa shape index (κ2) is 10.2. The Morgan fingerprint density at radius 1 is 1.00 bits per heavy atom. The Labute approximate surface area is 72.9 Å². The van der Waals surface area contributed by atoms with Crippen molar-refractivity contribution < 1.29 is 9.13 Å². The summed E-state index contributed by atoms with van der Waals surface area (Å²) >= 11 is 5.46. The zero-order valence-electron chi connectivity index (χ0n) is 6.82. The van der Waals surface area contributed by atoms with Gasteiger partial charge in [0, 0.05) is 19.1 Å². The maximum absolute atomic E-state index is 11.6. The topological polar surface area (TPSA) is 9.23 Å². The van der Waals surface area contributed by atoms with Gasteiger partial charge in [-0.1, -0.05) is 0 Å². The van der Waals surface area contributed by atoms with Gasteiger partial charge < -0.3 is 4.74 Å². The van der Waals surface area contributed by atoms with Crippen molar-refractivity contribution in [2.45, 2.75) is 25.7 Å². The number of ether oxygens (including phenoxy) is 1. The fourth-order valence-electron chi connectivity index (χ4n) is 0.699. The molecule has 0 bridgehead atoms. The van der Waals surface area contributed by atoms with Gasteiger partial charge in [0.15, 0.2) is 0 Å². The molecule has 0 aromatic rings. The number of hydrogen-bond acceptors (Lipinski definition) is 1. The number of unbranched alkanes of at least 4 members (excludes halogenated alkanes) is 2. The molecule has 11 heavy (non-hydrogen) atoms. The van der Waals surface area contributed by atoms with E-state index in [0.29, 0.717) is 18.9 Å². The van der Waals surface area contributed by atoms with Gasteiger partial charge in [0.25, 0.3) is 0 Å². The van der Waals surface area contributed by atoms with E-state index in [0.717, 1.165) is 25.9 Å². The first kappa shape index (κ1) is 11.2. The molecule has 0 aromatic heterocycles. The average molecular weight is 183 g/mol. The number of rotatable bonds is 8. The third-order valence-corrected chi connectivity index (χ3v) is 1.61. The zero-order chi connectivity index (χ0) is 8.36. The van der Waals surface area contributed by atoms with Gasteiger partial charge in [0.1, 0.15) is 0 Å². The molecule has 0 amide bonds. The molecule has 0 saturated heterocycles. The van der Waals surface area contributed by atoms with E-state index >= 15 is 0 Å². The van der Waals surface area contributed by atoms with Crippen LogP contribution in [0.25, 0.3) is 0 Å². The molecule has 0 aliphatic heterocycles. The van der Waals surface area contributed by atoms with Crippen LogP contribution in [-0.4, -0.2) is 25.8 Å². The molecule has 0 fully saturated rings. The van der Waals surface area contributed by atoms with E-state index in [-0.39, 0.29) is 6.67 Å². The molecule has 0 radical (unpaired) electrons. The fraction of sp³-hybridized carbons (Fsp3) is 1.00. The van der Waals surface area contributed by atoms with Crippen LogP contribution in [0.15, 0.2) is 0 Å². The molecule has 0 heterocycles. The van der Waals surface area contributed by atoms with Gasteiger partial charge in [-0.3, -0.25) is 4.39 Å². The highest BCUT2D eigenvalue weighted by atomic mass is 35.5. The second-order valence-electron chi connectivity index (χ2n) is 2.40. The number of alkyl halides is 2. The van der Waals surface area contributed by atoms with E-state index in [1.807, 2.05) is 0 Å². The first-order valence-electron chi connectivity index (χ1n) is 4.11. The minimum atomic E-state index is -0.231. The quantitative estimate of drug-likeness (QED) is 0.414. The molecule has 0 aliphatic rings. The van der Waals surface area contributed by atoms with Crippen LogP contribution >= 0.6 is 11.6 Å². The molecule has 0 aromatic carbocycles. The zero-order valence-corrected chi connectivity index (χ0v) is 7.58. The Bertz CT molecular complexity index is 63.1. The number of halogens is 2. The summed E-state index contributed by atoms with van der Waals surface area (Å²) in [6.07, 6.45) is 3.47. The maximum Gasteiger partial charge on any atom is 0.0895 e. The standard InChI is InChI=1S/C8H16ClFO/c9-5-1-3-7-11-8-4-2-6-10/h1-8H2. The van der Waals surface area contributed by atoms with Crippen LogP contribution in [0.4, 0.5) is 4.39 Å². The molecule has 1 nitrogen and oxygen atoms in total. The van der Waals surface area contributed by atoms with Gasteiger partial charge in [-0.25, -0.2) is 0 Å². The smallest absolute Gasteiger partial charge is 0.0895 e. The van der Waals surface area contributed by atoms with Crippen LogP contribution in [0.5, 0.6) is 0 Å². The highest BCUT2D eigenvalue weighted by Gasteiger charge is 1.89. The summed E-state index contributed by atoms with van der Waals surface area (Å²) in [5, 5.41) is 0. The lowest BCUT2D eigenvalue weighted by atomic mass is 10.3. The average Bonchev–Trinajstić information content (AvgIpc) is 2.03. The Hall–Kier alpha value is 0.180. The summed E-state index contributed by atoms with van der Waals surface area (Å²) in [6, 6.07) is 0. The molecule has 0 spiro atoms. The minimum absolute atomic E-state index is 0.231. The van der Waals surface area contributed by atoms with Gasteiger partial charge in [-0.15, -0.1) is 11.6 Å². The highest BCUT2D eigenvalue weighted by molar-refractivity contribution is 6.17. The second-order valence-corrected chi connectivity index (χ2v) is 2.78. The Balaban J connectivity index is 2.69. The molecule has 0 saturated carbocycles. The minimum Gasteiger partial charge on any atom is -0.381 e. The van der Waals surface area contributed by atoms with Crippen molar-refractivity contribution in [2.75, 3.05) is 25.8 Å². The van der Waals surface area contributed by atoms with Crippen molar-refractivity contribution in [1.82, 2.24) is 0 Å². The van der Waals surface area contributed by atoms with Crippen molar-refractivity contribution in [2.24, 2.45) is 0 Å². The van der Waals surface area contributed by atoms with Crippen LogP contribution in [0, 0.1) is 0 Å². The van der Waals surface area contributed by atoms with Crippen molar-refractivity contribution in [3.63, 3.8) is 0 Å². The van der Waals surface area contributed by atoms with Crippen LogP contribution in [0.3, 0.4) is 0 Å². The molecule has 0 rings (SSSR count). The predicted octanol–water partition coefficient (Wildman–Crippen LogP) is 2.77. The molecule has 3 heteroatoms. The van der Waals surface area contributed by atoms with Crippen molar-refractivity contribution >= 4 is 11.6 Å². The lowest BCUT2D eigenvalue weighted by Crippen LogP contribution is -1.97. The highest BCUT2D eigenvalue weighted by Crippen LogP contribution is 1.95. The lowest BCUT2D eigenvalue weighted by Gasteiger charge is -2.01. The summed E-state index contributed by atoms with van der Waals surface area (Å²) in [7, 11) is 0. The normalized spacial score (nSPS) is 10.4. The van der Waals surface area contributed by atoms with E-state index in [1.165, 1.54) is 0 Å². The molecule has 0 unspecified atom stereocenters. The fourth-order valence-corrected chi connectivity index (χ4v) is 0.888. The van der Waals surface area contributed by atoms with Crippen molar-refractivity contribution in [3.8, 4) is 0 Å². The summed E-state index contributed by atoms with van der Waals surface area (Å²) in [6.45, 7) is 1.22. The monoisotopic (exact) mass is 182 g/mol. The Kier molecular flexibility index (Phi) is 10.3. The van der Waals surface area contributed by atoms with E-state index in [4.69, 9.17) is 16.3 Å². The van der Waals surface area contributed by atoms with Gasteiger partial charge in [0.05, 0.1) is 6.67 Å². The maximum atomic E-state index is 11.6. The molecule has 0 N–H and O–H groups in total. The lowest BCUT2D eigenvalue weighted by molar-refractivity contribution is 0.126. The Morgan fingerprint density at radius 3 is 2.18 bits per heavy atom. The summed E-state index contributed by atoms with van der Waals surface area (Å²) in [4.78, 5) is 0. The molecule has 0 aliphatic carbocycles. The van der Waals surface area contributed by atoms with Crippen LogP contribution in [0.1, 0.15) is 25.7 Å². The van der Waals surface area contributed by atoms with Gasteiger partial charge >= 0.3 is 0 Å². The molecule has 0 atom stereocenters. The number of hydrogen-bond donors (Lipinski definition) is 0. The van der Waals surface area contributed by atoms with E-state index < -0.39 is 0 Å². The Morgan fingerprint density at radius 2 is 1.64 bits per heavy atom. The third-order valence-electron chi connectivity index (χ3n) is 1.34. The SMILES string of the molecule is FCCCCOCCCCCl. The molecular formula is C8H16ClFO. The molecule has 68 valence electrons.